The van der Waals surface area contributed by atoms with E-state index in [1.54, 1.807) is 0 Å². The van der Waals surface area contributed by atoms with Gasteiger partial charge in [-0.25, -0.2) is 0 Å². The highest BCUT2D eigenvalue weighted by atomic mass is 35.5. The van der Waals surface area contributed by atoms with Crippen molar-refractivity contribution >= 4 is 41.6 Å². The lowest BCUT2D eigenvalue weighted by Crippen LogP contribution is -2.48. The maximum absolute atomic E-state index is 12.9. The molecular formula is C20H27Cl2N3O. The Morgan fingerprint density at radius 3 is 2.96 bits per heavy atom. The molecule has 142 valence electrons. The Morgan fingerprint density at radius 1 is 1.23 bits per heavy atom. The molecule has 0 radical (unpaired) electrons. The van der Waals surface area contributed by atoms with E-state index < -0.39 is 0 Å². The summed E-state index contributed by atoms with van der Waals surface area (Å²) < 4.78 is 0. The van der Waals surface area contributed by atoms with Gasteiger partial charge in [-0.2, -0.15) is 0 Å². The second-order valence-electron chi connectivity index (χ2n) is 7.23. The normalized spacial score (nSPS) is 24.2. The number of aromatic nitrogens is 1. The summed E-state index contributed by atoms with van der Waals surface area (Å²) in [6, 6.07) is 10.3. The first-order valence-corrected chi connectivity index (χ1v) is 9.11. The summed E-state index contributed by atoms with van der Waals surface area (Å²) in [5.41, 5.74) is 2.09. The molecule has 4 rings (SSSR count). The summed E-state index contributed by atoms with van der Waals surface area (Å²) in [5, 5.41) is 7.83. The van der Waals surface area contributed by atoms with Gasteiger partial charge in [0.2, 0.25) is 5.91 Å². The number of pyridine rings is 1. The molecule has 1 amide bonds. The van der Waals surface area contributed by atoms with Gasteiger partial charge in [-0.1, -0.05) is 37.1 Å². The number of hydrogen-bond acceptors (Lipinski definition) is 3. The van der Waals surface area contributed by atoms with Crippen molar-refractivity contribution in [3.05, 3.63) is 42.1 Å². The Morgan fingerprint density at radius 2 is 2.08 bits per heavy atom. The number of benzene rings is 1. The molecular weight excluding hydrogens is 369 g/mol. The topological polar surface area (TPSA) is 54.0 Å². The van der Waals surface area contributed by atoms with Crippen molar-refractivity contribution in [2.45, 2.75) is 32.1 Å². The predicted molar refractivity (Wildman–Crippen MR) is 110 cm³/mol. The Bertz CT molecular complexity index is 749. The molecule has 1 saturated carbocycles. The van der Waals surface area contributed by atoms with Crippen molar-refractivity contribution in [2.24, 2.45) is 11.3 Å². The lowest BCUT2D eigenvalue weighted by Gasteiger charge is -2.37. The molecule has 1 aliphatic heterocycles. The molecule has 2 N–H and O–H groups in total. The van der Waals surface area contributed by atoms with Gasteiger partial charge in [0.1, 0.15) is 0 Å². The minimum Gasteiger partial charge on any atom is -0.355 e. The first kappa shape index (κ1) is 20.9. The van der Waals surface area contributed by atoms with E-state index in [-0.39, 0.29) is 36.1 Å². The van der Waals surface area contributed by atoms with Crippen LogP contribution in [0.2, 0.25) is 0 Å². The van der Waals surface area contributed by atoms with Crippen LogP contribution in [-0.4, -0.2) is 30.5 Å². The van der Waals surface area contributed by atoms with Gasteiger partial charge in [-0.3, -0.25) is 9.78 Å². The SMILES string of the molecule is Cl.Cl.O=C(NCCc1cccc2cccnc12)[C@@]12CCCC[C@H]1CNC2. The standard InChI is InChI=1S/C20H25N3O.2ClH/c24-19(20-10-2-1-8-17(20)13-21-14-20)23-12-9-16-6-3-5-15-7-4-11-22-18(15)16;;/h3-7,11,17,21H,1-2,8-10,12-14H2,(H,23,24);2*1H/t17-,20+;;/m0../s1. The van der Waals surface area contributed by atoms with Crippen LogP contribution in [0, 0.1) is 11.3 Å². The van der Waals surface area contributed by atoms with Gasteiger partial charge < -0.3 is 10.6 Å². The fourth-order valence-electron chi connectivity index (χ4n) is 4.55. The molecule has 2 heterocycles. The van der Waals surface area contributed by atoms with Gasteiger partial charge >= 0.3 is 0 Å². The van der Waals surface area contributed by atoms with Gasteiger partial charge in [0.15, 0.2) is 0 Å². The number of carbonyl (C=O) groups is 1. The van der Waals surface area contributed by atoms with Crippen molar-refractivity contribution in [3.63, 3.8) is 0 Å². The van der Waals surface area contributed by atoms with Gasteiger partial charge in [0, 0.05) is 24.7 Å². The van der Waals surface area contributed by atoms with Crippen LogP contribution in [0.5, 0.6) is 0 Å². The van der Waals surface area contributed by atoms with Crippen molar-refractivity contribution in [3.8, 4) is 0 Å². The Labute approximate surface area is 167 Å². The third-order valence-corrected chi connectivity index (χ3v) is 5.89. The molecule has 4 nitrogen and oxygen atoms in total. The van der Waals surface area contributed by atoms with Gasteiger partial charge in [0.05, 0.1) is 10.9 Å². The van der Waals surface area contributed by atoms with E-state index in [0.717, 1.165) is 36.8 Å². The number of hydrogen-bond donors (Lipinski definition) is 2. The van der Waals surface area contributed by atoms with Crippen LogP contribution in [0.1, 0.15) is 31.2 Å². The van der Waals surface area contributed by atoms with Crippen molar-refractivity contribution < 1.29 is 4.79 Å². The minimum absolute atomic E-state index is 0. The van der Waals surface area contributed by atoms with Crippen molar-refractivity contribution in [1.29, 1.82) is 0 Å². The first-order chi connectivity index (χ1) is 11.8. The highest BCUT2D eigenvalue weighted by Gasteiger charge is 2.49. The molecule has 26 heavy (non-hydrogen) atoms. The molecule has 1 aromatic heterocycles. The van der Waals surface area contributed by atoms with Gasteiger partial charge in [0.25, 0.3) is 0 Å². The molecule has 2 aliphatic rings. The van der Waals surface area contributed by atoms with E-state index in [1.165, 1.54) is 24.8 Å². The number of nitrogens with one attached hydrogen (secondary N) is 2. The minimum atomic E-state index is -0.157. The third kappa shape index (κ3) is 3.83. The summed E-state index contributed by atoms with van der Waals surface area (Å²) in [6.07, 6.45) is 7.33. The fourth-order valence-corrected chi connectivity index (χ4v) is 4.55. The summed E-state index contributed by atoms with van der Waals surface area (Å²) >= 11 is 0. The largest absolute Gasteiger partial charge is 0.355 e. The lowest BCUT2D eigenvalue weighted by molar-refractivity contribution is -0.133. The zero-order valence-electron chi connectivity index (χ0n) is 14.9. The number of para-hydroxylation sites is 1. The van der Waals surface area contributed by atoms with E-state index in [2.05, 4.69) is 39.9 Å². The monoisotopic (exact) mass is 395 g/mol. The van der Waals surface area contributed by atoms with E-state index in [0.29, 0.717) is 12.5 Å². The predicted octanol–water partition coefficient (Wildman–Crippen LogP) is 3.52. The van der Waals surface area contributed by atoms with Crippen molar-refractivity contribution in [2.75, 3.05) is 19.6 Å². The van der Waals surface area contributed by atoms with E-state index in [1.807, 2.05) is 12.3 Å². The maximum Gasteiger partial charge on any atom is 0.227 e. The van der Waals surface area contributed by atoms with Crippen molar-refractivity contribution in [1.82, 2.24) is 15.6 Å². The molecule has 0 bridgehead atoms. The van der Waals surface area contributed by atoms with Crippen LogP contribution in [0.15, 0.2) is 36.5 Å². The molecule has 1 aromatic carbocycles. The third-order valence-electron chi connectivity index (χ3n) is 5.89. The molecule has 6 heteroatoms. The van der Waals surface area contributed by atoms with E-state index in [4.69, 9.17) is 0 Å². The number of amides is 1. The highest BCUT2D eigenvalue weighted by Crippen LogP contribution is 2.43. The summed E-state index contributed by atoms with van der Waals surface area (Å²) in [6.45, 7) is 2.53. The fraction of sp³-hybridized carbons (Fsp3) is 0.500. The molecule has 0 spiro atoms. The summed E-state index contributed by atoms with van der Waals surface area (Å²) in [7, 11) is 0. The Balaban J connectivity index is 0.00000121. The number of nitrogens with zero attached hydrogens (tertiary/aromatic N) is 1. The van der Waals surface area contributed by atoms with Gasteiger partial charge in [-0.05, 0) is 43.4 Å². The molecule has 1 saturated heterocycles. The average molecular weight is 396 g/mol. The molecule has 2 aromatic rings. The Kier molecular flexibility index (Phi) is 7.27. The van der Waals surface area contributed by atoms with E-state index >= 15 is 0 Å². The van der Waals surface area contributed by atoms with Crippen LogP contribution >= 0.6 is 24.8 Å². The van der Waals surface area contributed by atoms with E-state index in [9.17, 15) is 4.79 Å². The zero-order chi connectivity index (χ0) is 16.4. The van der Waals surface area contributed by atoms with Gasteiger partial charge in [-0.15, -0.1) is 24.8 Å². The summed E-state index contributed by atoms with van der Waals surface area (Å²) in [5.74, 6) is 0.774. The number of rotatable bonds is 4. The molecule has 2 fully saturated rings. The Hall–Kier alpha value is -1.36. The van der Waals surface area contributed by atoms with Crippen LogP contribution in [-0.2, 0) is 11.2 Å². The highest BCUT2D eigenvalue weighted by molar-refractivity contribution is 5.86. The number of fused-ring (bicyclic) bond motifs is 2. The summed E-state index contributed by atoms with van der Waals surface area (Å²) in [4.78, 5) is 17.4. The molecule has 1 aliphatic carbocycles. The first-order valence-electron chi connectivity index (χ1n) is 9.11. The zero-order valence-corrected chi connectivity index (χ0v) is 16.5. The quantitative estimate of drug-likeness (QED) is 0.832. The van der Waals surface area contributed by atoms with Crippen LogP contribution < -0.4 is 10.6 Å². The van der Waals surface area contributed by atoms with Crippen LogP contribution in [0.4, 0.5) is 0 Å². The lowest BCUT2D eigenvalue weighted by atomic mass is 9.67. The number of carbonyl (C=O) groups excluding carboxylic acids is 1. The average Bonchev–Trinajstić information content (AvgIpc) is 3.07. The maximum atomic E-state index is 12.9. The number of halogens is 2. The second kappa shape index (κ2) is 9.03. The van der Waals surface area contributed by atoms with Crippen LogP contribution in [0.25, 0.3) is 10.9 Å². The second-order valence-corrected chi connectivity index (χ2v) is 7.23. The smallest absolute Gasteiger partial charge is 0.227 e. The molecule has 0 unspecified atom stereocenters. The van der Waals surface area contributed by atoms with Crippen LogP contribution in [0.3, 0.4) is 0 Å². The molecule has 2 atom stereocenters.